The number of amides is 1. The van der Waals surface area contributed by atoms with Gasteiger partial charge >= 0.3 is 0 Å². The highest BCUT2D eigenvalue weighted by atomic mass is 32.2. The maximum absolute atomic E-state index is 13.7. The molecule has 1 atom stereocenters. The lowest BCUT2D eigenvalue weighted by atomic mass is 10.1. The molecule has 1 N–H and O–H groups in total. The summed E-state index contributed by atoms with van der Waals surface area (Å²) in [6, 6.07) is 14.1. The fourth-order valence-electron chi connectivity index (χ4n) is 2.65. The zero-order valence-electron chi connectivity index (χ0n) is 15.2. The third-order valence-electron chi connectivity index (χ3n) is 4.04. The Kier molecular flexibility index (Phi) is 6.63. The molecule has 6 heteroatoms. The molecule has 0 fully saturated rings. The molecule has 1 amide bonds. The van der Waals surface area contributed by atoms with Gasteiger partial charge in [-0.05, 0) is 49.6 Å². The van der Waals surface area contributed by atoms with Gasteiger partial charge in [-0.15, -0.1) is 11.3 Å². The molecule has 0 saturated heterocycles. The van der Waals surface area contributed by atoms with Gasteiger partial charge in [-0.1, -0.05) is 42.1 Å². The van der Waals surface area contributed by atoms with Crippen molar-refractivity contribution in [2.45, 2.75) is 36.4 Å². The third-order valence-corrected chi connectivity index (χ3v) is 6.25. The minimum atomic E-state index is -0.240. The quantitative estimate of drug-likeness (QED) is 0.551. The van der Waals surface area contributed by atoms with Crippen LogP contribution in [-0.4, -0.2) is 16.9 Å². The summed E-state index contributed by atoms with van der Waals surface area (Å²) in [5.74, 6) is 0.433. The highest BCUT2D eigenvalue weighted by molar-refractivity contribution is 8.00. The van der Waals surface area contributed by atoms with Gasteiger partial charge < -0.3 is 5.32 Å². The smallest absolute Gasteiger partial charge is 0.251 e. The molecule has 1 aromatic heterocycles. The van der Waals surface area contributed by atoms with Gasteiger partial charge in [0.2, 0.25) is 0 Å². The minimum absolute atomic E-state index is 0.145. The van der Waals surface area contributed by atoms with E-state index in [1.807, 2.05) is 43.5 Å². The Balaban J connectivity index is 1.53. The molecule has 3 rings (SSSR count). The summed E-state index contributed by atoms with van der Waals surface area (Å²) in [4.78, 5) is 16.8. The number of hydrogen-bond acceptors (Lipinski definition) is 4. The first-order chi connectivity index (χ1) is 13.0. The largest absolute Gasteiger partial charge is 0.349 e. The summed E-state index contributed by atoms with van der Waals surface area (Å²) in [6.07, 6.45) is 0.459. The molecule has 3 aromatic rings. The van der Waals surface area contributed by atoms with Crippen molar-refractivity contribution in [3.8, 4) is 0 Å². The first-order valence-electron chi connectivity index (χ1n) is 8.69. The van der Waals surface area contributed by atoms with E-state index in [-0.39, 0.29) is 17.8 Å². The van der Waals surface area contributed by atoms with Crippen LogP contribution in [0.4, 0.5) is 4.39 Å². The lowest BCUT2D eigenvalue weighted by molar-refractivity contribution is 0.0940. The Morgan fingerprint density at radius 2 is 1.96 bits per heavy atom. The number of benzene rings is 2. The van der Waals surface area contributed by atoms with E-state index in [0.717, 1.165) is 21.3 Å². The van der Waals surface area contributed by atoms with Gasteiger partial charge in [0.1, 0.15) is 10.2 Å². The number of nitrogens with one attached hydrogen (secondary N) is 1. The molecule has 0 aliphatic rings. The van der Waals surface area contributed by atoms with Crippen LogP contribution in [-0.2, 0) is 12.2 Å². The van der Waals surface area contributed by atoms with E-state index in [1.165, 1.54) is 6.07 Å². The highest BCUT2D eigenvalue weighted by Crippen LogP contribution is 2.26. The zero-order chi connectivity index (χ0) is 19.2. The van der Waals surface area contributed by atoms with Gasteiger partial charge in [0, 0.05) is 28.4 Å². The Hall–Kier alpha value is -2.18. The minimum Gasteiger partial charge on any atom is -0.349 e. The number of hydrogen-bond donors (Lipinski definition) is 1. The molecular formula is C21H21FN2OS2. The summed E-state index contributed by atoms with van der Waals surface area (Å²) in [7, 11) is 0. The second kappa shape index (κ2) is 9.15. The molecule has 1 heterocycles. The second-order valence-corrected chi connectivity index (χ2v) is 8.49. The molecule has 0 radical (unpaired) electrons. The maximum atomic E-state index is 13.7. The van der Waals surface area contributed by atoms with Gasteiger partial charge in [-0.3, -0.25) is 4.79 Å². The van der Waals surface area contributed by atoms with Gasteiger partial charge in [0.05, 0.1) is 0 Å². The van der Waals surface area contributed by atoms with Crippen molar-refractivity contribution in [3.63, 3.8) is 0 Å². The normalized spacial score (nSPS) is 12.0. The standard InChI is InChI=1S/C21H21FN2OS2/c1-14(11-18-5-3-4-6-19(18)22)23-20(25)17-9-7-16(8-10-17)13-27-21-24-15(2)12-26-21/h3-10,12,14H,11,13H2,1-2H3,(H,23,25). The van der Waals surface area contributed by atoms with Crippen molar-refractivity contribution in [1.82, 2.24) is 10.3 Å². The summed E-state index contributed by atoms with van der Waals surface area (Å²) >= 11 is 3.34. The number of aromatic nitrogens is 1. The van der Waals surface area contributed by atoms with Crippen LogP contribution in [0.3, 0.4) is 0 Å². The fraction of sp³-hybridized carbons (Fsp3) is 0.238. The SMILES string of the molecule is Cc1csc(SCc2ccc(C(=O)NC(C)Cc3ccccc3F)cc2)n1. The van der Waals surface area contributed by atoms with E-state index >= 15 is 0 Å². The van der Waals surface area contributed by atoms with Crippen LogP contribution in [0.5, 0.6) is 0 Å². The maximum Gasteiger partial charge on any atom is 0.251 e. The molecular weight excluding hydrogens is 379 g/mol. The lowest BCUT2D eigenvalue weighted by Crippen LogP contribution is -2.34. The van der Waals surface area contributed by atoms with E-state index in [1.54, 1.807) is 41.3 Å². The Morgan fingerprint density at radius 3 is 2.63 bits per heavy atom. The highest BCUT2D eigenvalue weighted by Gasteiger charge is 2.12. The first kappa shape index (κ1) is 19.6. The molecule has 27 heavy (non-hydrogen) atoms. The topological polar surface area (TPSA) is 42.0 Å². The molecule has 0 aliphatic carbocycles. The monoisotopic (exact) mass is 400 g/mol. The summed E-state index contributed by atoms with van der Waals surface area (Å²) in [5.41, 5.74) is 3.40. The van der Waals surface area contributed by atoms with Crippen LogP contribution in [0.2, 0.25) is 0 Å². The zero-order valence-corrected chi connectivity index (χ0v) is 16.9. The molecule has 0 saturated carbocycles. The van der Waals surface area contributed by atoms with Crippen LogP contribution in [0.1, 0.15) is 34.1 Å². The second-order valence-electron chi connectivity index (χ2n) is 6.41. The van der Waals surface area contributed by atoms with Crippen molar-refractivity contribution in [3.05, 3.63) is 82.1 Å². The number of thiazole rings is 1. The van der Waals surface area contributed by atoms with Crippen molar-refractivity contribution in [2.24, 2.45) is 0 Å². The van der Waals surface area contributed by atoms with E-state index < -0.39 is 0 Å². The fourth-order valence-corrected chi connectivity index (χ4v) is 4.45. The molecule has 0 spiro atoms. The Morgan fingerprint density at radius 1 is 1.22 bits per heavy atom. The van der Waals surface area contributed by atoms with Crippen LogP contribution >= 0.6 is 23.1 Å². The molecule has 0 aliphatic heterocycles. The number of nitrogens with zero attached hydrogens (tertiary/aromatic N) is 1. The number of thioether (sulfide) groups is 1. The van der Waals surface area contributed by atoms with Crippen LogP contribution < -0.4 is 5.32 Å². The third kappa shape index (κ3) is 5.65. The Bertz CT molecular complexity index is 909. The number of carbonyl (C=O) groups is 1. The molecule has 1 unspecified atom stereocenters. The van der Waals surface area contributed by atoms with Gasteiger partial charge in [0.15, 0.2) is 0 Å². The van der Waals surface area contributed by atoms with Crippen LogP contribution in [0.15, 0.2) is 58.3 Å². The van der Waals surface area contributed by atoms with Crippen molar-refractivity contribution in [1.29, 1.82) is 0 Å². The summed E-state index contributed by atoms with van der Waals surface area (Å²) < 4.78 is 14.8. The van der Waals surface area contributed by atoms with Crippen LogP contribution in [0.25, 0.3) is 0 Å². The average Bonchev–Trinajstić information content (AvgIpc) is 3.07. The summed E-state index contributed by atoms with van der Waals surface area (Å²) in [6.45, 7) is 3.87. The van der Waals surface area contributed by atoms with Crippen molar-refractivity contribution >= 4 is 29.0 Å². The van der Waals surface area contributed by atoms with E-state index in [9.17, 15) is 9.18 Å². The van der Waals surface area contributed by atoms with Crippen LogP contribution in [0, 0.1) is 12.7 Å². The molecule has 0 bridgehead atoms. The van der Waals surface area contributed by atoms with Crippen molar-refractivity contribution < 1.29 is 9.18 Å². The summed E-state index contributed by atoms with van der Waals surface area (Å²) in [5, 5.41) is 4.97. The van der Waals surface area contributed by atoms with E-state index in [4.69, 9.17) is 0 Å². The Labute approximate surface area is 167 Å². The average molecular weight is 401 g/mol. The number of halogens is 1. The van der Waals surface area contributed by atoms with Gasteiger partial charge in [0.25, 0.3) is 5.91 Å². The first-order valence-corrected chi connectivity index (χ1v) is 10.6. The number of carbonyl (C=O) groups excluding carboxylic acids is 1. The van der Waals surface area contributed by atoms with Gasteiger partial charge in [-0.2, -0.15) is 0 Å². The van der Waals surface area contributed by atoms with E-state index in [0.29, 0.717) is 17.5 Å². The molecule has 140 valence electrons. The number of rotatable bonds is 7. The molecule has 2 aromatic carbocycles. The predicted octanol–water partition coefficient (Wildman–Crippen LogP) is 5.24. The van der Waals surface area contributed by atoms with Gasteiger partial charge in [-0.25, -0.2) is 9.37 Å². The van der Waals surface area contributed by atoms with E-state index in [2.05, 4.69) is 10.3 Å². The lowest BCUT2D eigenvalue weighted by Gasteiger charge is -2.14. The van der Waals surface area contributed by atoms with Crippen molar-refractivity contribution in [2.75, 3.05) is 0 Å². The predicted molar refractivity (Wildman–Crippen MR) is 110 cm³/mol. The number of aryl methyl sites for hydroxylation is 1. The molecule has 3 nitrogen and oxygen atoms in total.